The Balaban J connectivity index is 2.43. The molecular weight excluding hydrogens is 295 g/mol. The third kappa shape index (κ3) is 4.60. The Morgan fingerprint density at radius 1 is 1.11 bits per heavy atom. The Morgan fingerprint density at radius 2 is 1.78 bits per heavy atom. The predicted molar refractivity (Wildman–Crippen MR) is 77.7 cm³/mol. The second-order valence-electron chi connectivity index (χ2n) is 4.57. The Morgan fingerprint density at radius 3 is 2.44 bits per heavy atom. The van der Waals surface area contributed by atoms with E-state index in [0.717, 1.165) is 18.4 Å². The van der Waals surface area contributed by atoms with Gasteiger partial charge in [-0.15, -0.1) is 0 Å². The van der Waals surface area contributed by atoms with Gasteiger partial charge < -0.3 is 4.74 Å². The minimum atomic E-state index is -0.222. The van der Waals surface area contributed by atoms with Crippen LogP contribution in [-0.2, 0) is 6.42 Å². The lowest BCUT2D eigenvalue weighted by Gasteiger charge is -2.09. The Kier molecular flexibility index (Phi) is 7.33. The summed E-state index contributed by atoms with van der Waals surface area (Å²) < 4.78 is 19.7. The van der Waals surface area contributed by atoms with Crippen LogP contribution in [0, 0.1) is 5.82 Å². The number of aryl methyl sites for hydroxylation is 1. The second-order valence-corrected chi connectivity index (χ2v) is 5.43. The normalized spacial score (nSPS) is 10.7. The third-order valence-electron chi connectivity index (χ3n) is 3.13. The number of unbranched alkanes of at least 4 members (excludes halogenated alkanes) is 5. The van der Waals surface area contributed by atoms with Crippen molar-refractivity contribution in [1.29, 1.82) is 0 Å². The molecule has 1 aromatic rings. The smallest absolute Gasteiger partial charge is 0.169 e. The Bertz CT molecular complexity index is 366. The topological polar surface area (TPSA) is 9.23 Å². The van der Waals surface area contributed by atoms with Crippen molar-refractivity contribution in [1.82, 2.24) is 0 Å². The minimum absolute atomic E-state index is 0.222. The van der Waals surface area contributed by atoms with Crippen LogP contribution in [0.4, 0.5) is 4.39 Å². The van der Waals surface area contributed by atoms with Crippen molar-refractivity contribution in [3.63, 3.8) is 0 Å². The van der Waals surface area contributed by atoms with Gasteiger partial charge in [0, 0.05) is 0 Å². The van der Waals surface area contributed by atoms with E-state index < -0.39 is 0 Å². The SMILES string of the molecule is CCCCCCCCc1ccc(Br)c(OC)c1F. The van der Waals surface area contributed by atoms with Crippen LogP contribution in [0.25, 0.3) is 0 Å². The highest BCUT2D eigenvalue weighted by atomic mass is 79.9. The van der Waals surface area contributed by atoms with Crippen LogP contribution in [0.15, 0.2) is 16.6 Å². The lowest BCUT2D eigenvalue weighted by atomic mass is 10.0. The molecule has 0 aliphatic heterocycles. The molecule has 0 heterocycles. The van der Waals surface area contributed by atoms with Gasteiger partial charge in [-0.25, -0.2) is 4.39 Å². The summed E-state index contributed by atoms with van der Waals surface area (Å²) in [7, 11) is 1.50. The van der Waals surface area contributed by atoms with E-state index in [2.05, 4.69) is 22.9 Å². The number of hydrogen-bond acceptors (Lipinski definition) is 1. The number of methoxy groups -OCH3 is 1. The summed E-state index contributed by atoms with van der Waals surface area (Å²) >= 11 is 3.29. The molecule has 0 N–H and O–H groups in total. The van der Waals surface area contributed by atoms with Crippen molar-refractivity contribution < 1.29 is 9.13 Å². The highest BCUT2D eigenvalue weighted by Crippen LogP contribution is 2.30. The van der Waals surface area contributed by atoms with Gasteiger partial charge in [-0.3, -0.25) is 0 Å². The summed E-state index contributed by atoms with van der Waals surface area (Å²) in [6, 6.07) is 3.70. The van der Waals surface area contributed by atoms with Gasteiger partial charge in [0.2, 0.25) is 0 Å². The molecule has 0 amide bonds. The molecule has 3 heteroatoms. The molecule has 0 saturated heterocycles. The van der Waals surface area contributed by atoms with Gasteiger partial charge in [0.1, 0.15) is 0 Å². The van der Waals surface area contributed by atoms with Gasteiger partial charge in [-0.1, -0.05) is 45.1 Å². The maximum absolute atomic E-state index is 14.0. The first-order valence-corrected chi connectivity index (χ1v) is 7.50. The van der Waals surface area contributed by atoms with Crippen LogP contribution in [-0.4, -0.2) is 7.11 Å². The number of halogens is 2. The van der Waals surface area contributed by atoms with E-state index in [9.17, 15) is 4.39 Å². The van der Waals surface area contributed by atoms with Gasteiger partial charge in [-0.05, 0) is 40.4 Å². The summed E-state index contributed by atoms with van der Waals surface area (Å²) in [4.78, 5) is 0. The number of benzene rings is 1. The molecule has 0 aliphatic carbocycles. The first-order chi connectivity index (χ1) is 8.70. The Labute approximate surface area is 118 Å². The summed E-state index contributed by atoms with van der Waals surface area (Å²) in [5, 5.41) is 0. The average molecular weight is 317 g/mol. The van der Waals surface area contributed by atoms with E-state index in [-0.39, 0.29) is 5.82 Å². The molecule has 0 unspecified atom stereocenters. The van der Waals surface area contributed by atoms with Crippen LogP contribution in [0.3, 0.4) is 0 Å². The molecular formula is C15H22BrFO. The van der Waals surface area contributed by atoms with Crippen LogP contribution >= 0.6 is 15.9 Å². The molecule has 0 radical (unpaired) electrons. The molecule has 0 aliphatic rings. The molecule has 0 atom stereocenters. The molecule has 0 bridgehead atoms. The largest absolute Gasteiger partial charge is 0.492 e. The molecule has 0 spiro atoms. The quantitative estimate of drug-likeness (QED) is 0.575. The zero-order chi connectivity index (χ0) is 13.4. The summed E-state index contributed by atoms with van der Waals surface area (Å²) in [5.41, 5.74) is 0.755. The second kappa shape index (κ2) is 8.52. The van der Waals surface area contributed by atoms with Crippen molar-refractivity contribution in [2.75, 3.05) is 7.11 Å². The van der Waals surface area contributed by atoms with E-state index in [0.29, 0.717) is 10.2 Å². The minimum Gasteiger partial charge on any atom is -0.492 e. The highest BCUT2D eigenvalue weighted by Gasteiger charge is 2.11. The lowest BCUT2D eigenvalue weighted by Crippen LogP contribution is -1.96. The summed E-state index contributed by atoms with van der Waals surface area (Å²) in [6.07, 6.45) is 8.13. The average Bonchev–Trinajstić information content (AvgIpc) is 2.36. The number of rotatable bonds is 8. The zero-order valence-corrected chi connectivity index (χ0v) is 12.9. The molecule has 102 valence electrons. The van der Waals surface area contributed by atoms with Crippen molar-refractivity contribution in [2.24, 2.45) is 0 Å². The zero-order valence-electron chi connectivity index (χ0n) is 11.3. The first kappa shape index (κ1) is 15.5. The van der Waals surface area contributed by atoms with Gasteiger partial charge in [-0.2, -0.15) is 0 Å². The van der Waals surface area contributed by atoms with Crippen molar-refractivity contribution in [3.8, 4) is 5.75 Å². The van der Waals surface area contributed by atoms with E-state index >= 15 is 0 Å². The van der Waals surface area contributed by atoms with Crippen molar-refractivity contribution in [3.05, 3.63) is 28.0 Å². The maximum Gasteiger partial charge on any atom is 0.169 e. The first-order valence-electron chi connectivity index (χ1n) is 6.71. The fourth-order valence-corrected chi connectivity index (χ4v) is 2.52. The van der Waals surface area contributed by atoms with E-state index in [1.54, 1.807) is 0 Å². The monoisotopic (exact) mass is 316 g/mol. The van der Waals surface area contributed by atoms with E-state index in [4.69, 9.17) is 4.74 Å². The van der Waals surface area contributed by atoms with Crippen LogP contribution in [0.1, 0.15) is 51.0 Å². The van der Waals surface area contributed by atoms with E-state index in [1.165, 1.54) is 39.2 Å². The summed E-state index contributed by atoms with van der Waals surface area (Å²) in [5.74, 6) is 0.0962. The maximum atomic E-state index is 14.0. The molecule has 0 fully saturated rings. The van der Waals surface area contributed by atoms with Crippen molar-refractivity contribution >= 4 is 15.9 Å². The van der Waals surface area contributed by atoms with Crippen LogP contribution in [0.2, 0.25) is 0 Å². The van der Waals surface area contributed by atoms with Crippen molar-refractivity contribution in [2.45, 2.75) is 51.9 Å². The van der Waals surface area contributed by atoms with Gasteiger partial charge >= 0.3 is 0 Å². The van der Waals surface area contributed by atoms with E-state index in [1.807, 2.05) is 12.1 Å². The molecule has 0 saturated carbocycles. The van der Waals surface area contributed by atoms with Gasteiger partial charge in [0.25, 0.3) is 0 Å². The molecule has 1 aromatic carbocycles. The molecule has 1 rings (SSSR count). The number of hydrogen-bond donors (Lipinski definition) is 0. The predicted octanol–water partition coefficient (Wildman–Crippen LogP) is 5.50. The lowest BCUT2D eigenvalue weighted by molar-refractivity contribution is 0.381. The van der Waals surface area contributed by atoms with Crippen LogP contribution in [0.5, 0.6) is 5.75 Å². The van der Waals surface area contributed by atoms with Gasteiger partial charge in [0.15, 0.2) is 11.6 Å². The fraction of sp³-hybridized carbons (Fsp3) is 0.600. The molecule has 18 heavy (non-hydrogen) atoms. The Hall–Kier alpha value is -0.570. The number of ether oxygens (including phenoxy) is 1. The fourth-order valence-electron chi connectivity index (χ4n) is 2.05. The third-order valence-corrected chi connectivity index (χ3v) is 3.76. The van der Waals surface area contributed by atoms with Gasteiger partial charge in [0.05, 0.1) is 11.6 Å². The summed E-state index contributed by atoms with van der Waals surface area (Å²) in [6.45, 7) is 2.21. The molecule has 0 aromatic heterocycles. The van der Waals surface area contributed by atoms with Crippen LogP contribution < -0.4 is 4.74 Å². The highest BCUT2D eigenvalue weighted by molar-refractivity contribution is 9.10. The standard InChI is InChI=1S/C15H22BrFO/c1-3-4-5-6-7-8-9-12-10-11-13(16)15(18-2)14(12)17/h10-11H,3-9H2,1-2H3. The molecule has 1 nitrogen and oxygen atoms in total.